The van der Waals surface area contributed by atoms with Crippen molar-refractivity contribution in [2.45, 2.75) is 0 Å². The van der Waals surface area contributed by atoms with Gasteiger partial charge >= 0.3 is 5.97 Å². The number of hydrogen-bond acceptors (Lipinski definition) is 7. The topological polar surface area (TPSA) is 99.1 Å². The summed E-state index contributed by atoms with van der Waals surface area (Å²) >= 11 is 6.79. The molecule has 2 heterocycles. The zero-order chi connectivity index (χ0) is 21.8. The maximum Gasteiger partial charge on any atom is 0.343 e. The van der Waals surface area contributed by atoms with Crippen LogP contribution >= 0.6 is 31.9 Å². The lowest BCUT2D eigenvalue weighted by molar-refractivity contribution is 0.0732. The van der Waals surface area contributed by atoms with Crippen LogP contribution in [0.2, 0.25) is 0 Å². The number of hydrazone groups is 1. The summed E-state index contributed by atoms with van der Waals surface area (Å²) in [6, 6.07) is 11.4. The number of rotatable bonds is 5. The van der Waals surface area contributed by atoms with E-state index in [9.17, 15) is 9.59 Å². The third-order valence-corrected chi connectivity index (χ3v) is 5.20. The van der Waals surface area contributed by atoms with Gasteiger partial charge in [0.2, 0.25) is 6.79 Å². The molecule has 1 aliphatic rings. The second-order valence-electron chi connectivity index (χ2n) is 6.20. The predicted molar refractivity (Wildman–Crippen MR) is 119 cm³/mol. The van der Waals surface area contributed by atoms with E-state index in [2.05, 4.69) is 47.4 Å². The molecule has 0 radical (unpaired) electrons. The van der Waals surface area contributed by atoms with Gasteiger partial charge in [0.15, 0.2) is 17.2 Å². The zero-order valence-electron chi connectivity index (χ0n) is 15.7. The number of nitrogens with one attached hydrogen (secondary N) is 1. The van der Waals surface area contributed by atoms with Crippen LogP contribution in [0, 0.1) is 0 Å². The summed E-state index contributed by atoms with van der Waals surface area (Å²) in [5, 5.41) is 3.97. The van der Waals surface area contributed by atoms with Crippen molar-refractivity contribution in [3.05, 3.63) is 80.5 Å². The number of nitrogens with zero attached hydrogens (tertiary/aromatic N) is 2. The number of pyridine rings is 1. The minimum Gasteiger partial charge on any atom is -0.454 e. The summed E-state index contributed by atoms with van der Waals surface area (Å²) < 4.78 is 17.4. The standard InChI is InChI=1S/C21H13Br2N3O5/c22-15-7-14(10-25-26-20(27)12-3-5-24-6-4-12)19(16(23)9-15)31-21(28)13-1-2-17-18(8-13)30-11-29-17/h1-10H,11H2,(H,26,27). The lowest BCUT2D eigenvalue weighted by atomic mass is 10.2. The number of carbonyl (C=O) groups excluding carboxylic acids is 2. The molecule has 0 unspecified atom stereocenters. The summed E-state index contributed by atoms with van der Waals surface area (Å²) in [5.41, 5.74) is 3.60. The number of hydrogen-bond donors (Lipinski definition) is 1. The molecule has 0 atom stereocenters. The quantitative estimate of drug-likeness (QED) is 0.221. The second kappa shape index (κ2) is 9.27. The van der Waals surface area contributed by atoms with Crippen LogP contribution in [0.15, 0.2) is 68.9 Å². The molecule has 1 amide bonds. The van der Waals surface area contributed by atoms with E-state index in [4.69, 9.17) is 14.2 Å². The molecule has 1 N–H and O–H groups in total. The van der Waals surface area contributed by atoms with Crippen molar-refractivity contribution < 1.29 is 23.8 Å². The minimum absolute atomic E-state index is 0.109. The van der Waals surface area contributed by atoms with Gasteiger partial charge < -0.3 is 14.2 Å². The van der Waals surface area contributed by atoms with Crippen molar-refractivity contribution >= 4 is 50.0 Å². The summed E-state index contributed by atoms with van der Waals surface area (Å²) in [5.74, 6) is 0.306. The molecule has 0 fully saturated rings. The molecule has 0 bridgehead atoms. The maximum absolute atomic E-state index is 12.7. The third-order valence-electron chi connectivity index (χ3n) is 4.15. The number of fused-ring (bicyclic) bond motifs is 1. The molecule has 10 heteroatoms. The number of amides is 1. The van der Waals surface area contributed by atoms with E-state index in [-0.39, 0.29) is 12.5 Å². The van der Waals surface area contributed by atoms with Gasteiger partial charge in [-0.2, -0.15) is 5.10 Å². The average Bonchev–Trinajstić information content (AvgIpc) is 3.24. The van der Waals surface area contributed by atoms with E-state index in [1.165, 1.54) is 18.6 Å². The molecule has 0 saturated heterocycles. The molecule has 0 saturated carbocycles. The first-order valence-corrected chi connectivity index (χ1v) is 10.4. The minimum atomic E-state index is -0.586. The van der Waals surface area contributed by atoms with E-state index in [1.807, 2.05) is 0 Å². The number of benzene rings is 2. The normalized spacial score (nSPS) is 12.1. The molecule has 0 spiro atoms. The fourth-order valence-electron chi connectivity index (χ4n) is 2.69. The van der Waals surface area contributed by atoms with Gasteiger partial charge in [-0.3, -0.25) is 9.78 Å². The molecule has 4 rings (SSSR count). The molecular formula is C21H13Br2N3O5. The second-order valence-corrected chi connectivity index (χ2v) is 7.97. The molecule has 3 aromatic rings. The first kappa shape index (κ1) is 21.0. The molecule has 156 valence electrons. The molecule has 2 aromatic carbocycles. The van der Waals surface area contributed by atoms with Gasteiger partial charge in [0.05, 0.1) is 16.3 Å². The summed E-state index contributed by atoms with van der Waals surface area (Å²) in [7, 11) is 0. The van der Waals surface area contributed by atoms with Gasteiger partial charge in [-0.1, -0.05) is 15.9 Å². The molecule has 1 aromatic heterocycles. The number of esters is 1. The molecular weight excluding hydrogens is 534 g/mol. The first-order valence-electron chi connectivity index (χ1n) is 8.85. The fraction of sp³-hybridized carbons (Fsp3) is 0.0476. The highest BCUT2D eigenvalue weighted by Crippen LogP contribution is 2.35. The maximum atomic E-state index is 12.7. The van der Waals surface area contributed by atoms with E-state index >= 15 is 0 Å². The van der Waals surface area contributed by atoms with Crippen LogP contribution in [0.4, 0.5) is 0 Å². The van der Waals surface area contributed by atoms with Gasteiger partial charge in [-0.05, 0) is 58.4 Å². The van der Waals surface area contributed by atoms with Crippen LogP contribution in [0.5, 0.6) is 17.2 Å². The van der Waals surface area contributed by atoms with Gasteiger partial charge in [-0.25, -0.2) is 10.2 Å². The van der Waals surface area contributed by atoms with Gasteiger partial charge in [0.1, 0.15) is 0 Å². The van der Waals surface area contributed by atoms with Crippen LogP contribution in [0.1, 0.15) is 26.3 Å². The average molecular weight is 547 g/mol. The van der Waals surface area contributed by atoms with Crippen LogP contribution in [-0.2, 0) is 0 Å². The zero-order valence-corrected chi connectivity index (χ0v) is 18.8. The van der Waals surface area contributed by atoms with Crippen molar-refractivity contribution in [1.29, 1.82) is 0 Å². The highest BCUT2D eigenvalue weighted by molar-refractivity contribution is 9.11. The number of ether oxygens (including phenoxy) is 3. The Morgan fingerprint density at radius 2 is 1.81 bits per heavy atom. The Labute approximate surface area is 193 Å². The SMILES string of the molecule is O=C(NN=Cc1cc(Br)cc(Br)c1OC(=O)c1ccc2c(c1)OCO2)c1ccncc1. The van der Waals surface area contributed by atoms with E-state index in [1.54, 1.807) is 42.5 Å². The lowest BCUT2D eigenvalue weighted by Crippen LogP contribution is -2.17. The Hall–Kier alpha value is -3.24. The highest BCUT2D eigenvalue weighted by atomic mass is 79.9. The monoisotopic (exact) mass is 545 g/mol. The largest absolute Gasteiger partial charge is 0.454 e. The smallest absolute Gasteiger partial charge is 0.343 e. The van der Waals surface area contributed by atoms with Crippen molar-refractivity contribution in [2.75, 3.05) is 6.79 Å². The third kappa shape index (κ3) is 4.92. The van der Waals surface area contributed by atoms with Crippen LogP contribution in [0.3, 0.4) is 0 Å². The van der Waals surface area contributed by atoms with Crippen LogP contribution in [0.25, 0.3) is 0 Å². The number of carbonyl (C=O) groups is 2. The van der Waals surface area contributed by atoms with Gasteiger partial charge in [0, 0.05) is 28.0 Å². The Balaban J connectivity index is 1.54. The first-order chi connectivity index (χ1) is 15.0. The van der Waals surface area contributed by atoms with Crippen LogP contribution in [-0.4, -0.2) is 29.9 Å². The highest BCUT2D eigenvalue weighted by Gasteiger charge is 2.19. The number of aromatic nitrogens is 1. The summed E-state index contributed by atoms with van der Waals surface area (Å²) in [6.07, 6.45) is 4.41. The molecule has 31 heavy (non-hydrogen) atoms. The van der Waals surface area contributed by atoms with Crippen molar-refractivity contribution in [3.63, 3.8) is 0 Å². The Morgan fingerprint density at radius 3 is 2.61 bits per heavy atom. The Morgan fingerprint density at radius 1 is 1.03 bits per heavy atom. The lowest BCUT2D eigenvalue weighted by Gasteiger charge is -2.11. The molecule has 0 aliphatic carbocycles. The van der Waals surface area contributed by atoms with Gasteiger partial charge in [0.25, 0.3) is 5.91 Å². The van der Waals surface area contributed by atoms with Crippen molar-refractivity contribution in [2.24, 2.45) is 5.10 Å². The van der Waals surface area contributed by atoms with Crippen molar-refractivity contribution in [3.8, 4) is 17.2 Å². The summed E-state index contributed by atoms with van der Waals surface area (Å²) in [4.78, 5) is 28.7. The molecule has 1 aliphatic heterocycles. The van der Waals surface area contributed by atoms with Crippen molar-refractivity contribution in [1.82, 2.24) is 10.4 Å². The number of halogens is 2. The van der Waals surface area contributed by atoms with E-state index in [0.29, 0.717) is 32.7 Å². The predicted octanol–water partition coefficient (Wildman–Crippen LogP) is 4.32. The molecule has 8 nitrogen and oxygen atoms in total. The Kier molecular flexibility index (Phi) is 6.28. The van der Waals surface area contributed by atoms with E-state index in [0.717, 1.165) is 4.47 Å². The Bertz CT molecular complexity index is 1190. The fourth-order valence-corrected chi connectivity index (χ4v) is 4.03. The van der Waals surface area contributed by atoms with E-state index < -0.39 is 11.9 Å². The summed E-state index contributed by atoms with van der Waals surface area (Å²) in [6.45, 7) is 0.109. The van der Waals surface area contributed by atoms with Gasteiger partial charge in [-0.15, -0.1) is 0 Å². The van der Waals surface area contributed by atoms with Crippen LogP contribution < -0.4 is 19.6 Å².